The van der Waals surface area contributed by atoms with Gasteiger partial charge in [0.05, 0.1) is 12.7 Å². The average molecular weight is 406 g/mol. The molecule has 3 rings (SSSR count). The number of ether oxygens (including phenoxy) is 1. The highest BCUT2D eigenvalue weighted by Crippen LogP contribution is 2.31. The Morgan fingerprint density at radius 3 is 2.45 bits per heavy atom. The number of methoxy groups -OCH3 is 1. The quantitative estimate of drug-likeness (QED) is 0.765. The lowest BCUT2D eigenvalue weighted by atomic mass is 9.94. The number of alkyl halides is 3. The van der Waals surface area contributed by atoms with Crippen LogP contribution in [0.5, 0.6) is 5.75 Å². The molecule has 0 fully saturated rings. The van der Waals surface area contributed by atoms with Gasteiger partial charge < -0.3 is 19.5 Å². The molecule has 0 saturated heterocycles. The van der Waals surface area contributed by atoms with Crippen LogP contribution in [0.15, 0.2) is 42.5 Å². The maximum absolute atomic E-state index is 13.0. The number of hydrogen-bond donors (Lipinski definition) is 0. The molecule has 0 unspecified atom stereocenters. The maximum Gasteiger partial charge on any atom is 0.416 e. The first-order valence-electron chi connectivity index (χ1n) is 8.98. The van der Waals surface area contributed by atoms with Gasteiger partial charge in [-0.15, -0.1) is 0 Å². The molecule has 1 aliphatic heterocycles. The molecule has 1 atom stereocenters. The zero-order valence-corrected chi connectivity index (χ0v) is 15.7. The van der Waals surface area contributed by atoms with Crippen LogP contribution in [0.4, 0.5) is 13.2 Å². The molecule has 1 amide bonds. The molecule has 0 saturated carbocycles. The minimum Gasteiger partial charge on any atom is -0.550 e. The molecule has 1 heterocycles. The summed E-state index contributed by atoms with van der Waals surface area (Å²) in [6.07, 6.45) is -4.62. The van der Waals surface area contributed by atoms with E-state index in [2.05, 4.69) is 0 Å². The molecule has 154 valence electrons. The Bertz CT molecular complexity index is 909. The highest BCUT2D eigenvalue weighted by molar-refractivity contribution is 5.83. The molecule has 5 nitrogen and oxygen atoms in total. The maximum atomic E-state index is 13.0. The van der Waals surface area contributed by atoms with Crippen molar-refractivity contribution in [3.8, 4) is 5.75 Å². The predicted molar refractivity (Wildman–Crippen MR) is 95.5 cm³/mol. The van der Waals surface area contributed by atoms with E-state index in [0.29, 0.717) is 11.3 Å². The van der Waals surface area contributed by atoms with Gasteiger partial charge in [-0.05, 0) is 53.8 Å². The van der Waals surface area contributed by atoms with E-state index in [9.17, 15) is 27.9 Å². The molecule has 0 spiro atoms. The smallest absolute Gasteiger partial charge is 0.416 e. The number of benzene rings is 2. The molecule has 29 heavy (non-hydrogen) atoms. The summed E-state index contributed by atoms with van der Waals surface area (Å²) in [7, 11) is 1.52. The lowest BCUT2D eigenvalue weighted by molar-refractivity contribution is -0.306. The number of carboxylic acid groups (broad SMARTS) is 1. The second-order valence-electron chi connectivity index (χ2n) is 7.00. The van der Waals surface area contributed by atoms with Gasteiger partial charge in [0.15, 0.2) is 0 Å². The number of halogens is 3. The van der Waals surface area contributed by atoms with Crippen molar-refractivity contribution >= 4 is 11.9 Å². The molecule has 0 aliphatic carbocycles. The number of fused-ring (bicyclic) bond motifs is 1. The number of carbonyl (C=O) groups excluding carboxylic acids is 2. The zero-order chi connectivity index (χ0) is 21.2. The van der Waals surface area contributed by atoms with Gasteiger partial charge in [0.25, 0.3) is 0 Å². The van der Waals surface area contributed by atoms with Crippen molar-refractivity contribution < 1.29 is 32.6 Å². The fourth-order valence-corrected chi connectivity index (χ4v) is 3.48. The minimum atomic E-state index is -4.44. The molecule has 0 aromatic heterocycles. The first-order chi connectivity index (χ1) is 13.7. The number of rotatable bonds is 5. The van der Waals surface area contributed by atoms with E-state index in [1.54, 1.807) is 18.2 Å². The van der Waals surface area contributed by atoms with E-state index in [4.69, 9.17) is 4.74 Å². The fraction of sp³-hybridized carbons (Fsp3) is 0.333. The Hall–Kier alpha value is -3.03. The average Bonchev–Trinajstić information content (AvgIpc) is 2.78. The Kier molecular flexibility index (Phi) is 5.81. The molecule has 0 radical (unpaired) electrons. The van der Waals surface area contributed by atoms with E-state index < -0.39 is 30.0 Å². The monoisotopic (exact) mass is 406 g/mol. The van der Waals surface area contributed by atoms with Crippen LogP contribution >= 0.6 is 0 Å². The molecule has 0 N–H and O–H groups in total. The largest absolute Gasteiger partial charge is 0.550 e. The second-order valence-corrected chi connectivity index (χ2v) is 7.00. The van der Waals surface area contributed by atoms with E-state index in [0.717, 1.165) is 23.3 Å². The van der Waals surface area contributed by atoms with Gasteiger partial charge in [0, 0.05) is 25.0 Å². The van der Waals surface area contributed by atoms with Crippen LogP contribution in [0.1, 0.15) is 28.7 Å². The van der Waals surface area contributed by atoms with Gasteiger partial charge in [0.2, 0.25) is 5.91 Å². The minimum absolute atomic E-state index is 0.0666. The van der Waals surface area contributed by atoms with E-state index in [1.807, 2.05) is 0 Å². The van der Waals surface area contributed by atoms with Crippen molar-refractivity contribution in [3.63, 3.8) is 0 Å². The van der Waals surface area contributed by atoms with Crippen LogP contribution in [0.2, 0.25) is 0 Å². The van der Waals surface area contributed by atoms with Gasteiger partial charge in [-0.1, -0.05) is 18.2 Å². The van der Waals surface area contributed by atoms with Crippen molar-refractivity contribution in [2.45, 2.75) is 32.1 Å². The lowest BCUT2D eigenvalue weighted by Crippen LogP contribution is -2.37. The Labute approximate surface area is 165 Å². The van der Waals surface area contributed by atoms with Crippen LogP contribution in [0, 0.1) is 5.92 Å². The molecular weight excluding hydrogens is 387 g/mol. The van der Waals surface area contributed by atoms with E-state index >= 15 is 0 Å². The van der Waals surface area contributed by atoms with Crippen LogP contribution in [0.3, 0.4) is 0 Å². The molecule has 1 aliphatic rings. The van der Waals surface area contributed by atoms with Crippen LogP contribution in [-0.2, 0) is 35.3 Å². The standard InChI is InChI=1S/C21H20F3NO4/c1-29-18-7-4-14-8-15(10-19(26)27)20(28)25(12-16(14)9-18)11-13-2-5-17(6-3-13)21(22,23)24/h2-7,9,15H,8,10-12H2,1H3,(H,26,27)/p-1/t15-/m0/s1. The number of carboxylic acids is 1. The Balaban J connectivity index is 1.90. The first kappa shape index (κ1) is 20.7. The molecule has 0 bridgehead atoms. The number of hydrogen-bond acceptors (Lipinski definition) is 4. The van der Waals surface area contributed by atoms with Crippen LogP contribution in [-0.4, -0.2) is 23.9 Å². The van der Waals surface area contributed by atoms with Gasteiger partial charge in [-0.2, -0.15) is 13.2 Å². The second kappa shape index (κ2) is 8.14. The lowest BCUT2D eigenvalue weighted by Gasteiger charge is -2.25. The summed E-state index contributed by atoms with van der Waals surface area (Å²) < 4.78 is 43.5. The topological polar surface area (TPSA) is 69.7 Å². The zero-order valence-electron chi connectivity index (χ0n) is 15.7. The van der Waals surface area contributed by atoms with Crippen molar-refractivity contribution in [1.82, 2.24) is 4.90 Å². The van der Waals surface area contributed by atoms with Gasteiger partial charge in [-0.3, -0.25) is 4.79 Å². The number of aliphatic carboxylic acids is 1. The third-order valence-electron chi connectivity index (χ3n) is 4.97. The SMILES string of the molecule is COc1ccc2c(c1)CN(Cc1ccc(C(F)(F)F)cc1)C(=O)[C@H](CC(=O)[O-])C2. The van der Waals surface area contributed by atoms with Crippen molar-refractivity contribution in [3.05, 3.63) is 64.7 Å². The molecule has 2 aromatic carbocycles. The van der Waals surface area contributed by atoms with Crippen molar-refractivity contribution in [1.29, 1.82) is 0 Å². The van der Waals surface area contributed by atoms with Crippen molar-refractivity contribution in [2.24, 2.45) is 5.92 Å². The van der Waals surface area contributed by atoms with Gasteiger partial charge >= 0.3 is 6.18 Å². The summed E-state index contributed by atoms with van der Waals surface area (Å²) in [5, 5.41) is 11.1. The van der Waals surface area contributed by atoms with E-state index in [-0.39, 0.29) is 25.4 Å². The third kappa shape index (κ3) is 4.88. The molecule has 8 heteroatoms. The molecule has 2 aromatic rings. The van der Waals surface area contributed by atoms with Crippen LogP contribution in [0.25, 0.3) is 0 Å². The van der Waals surface area contributed by atoms with Gasteiger partial charge in [-0.25, -0.2) is 0 Å². The normalized spacial score (nSPS) is 16.9. The Morgan fingerprint density at radius 1 is 1.17 bits per heavy atom. The summed E-state index contributed by atoms with van der Waals surface area (Å²) in [5.41, 5.74) is 1.39. The highest BCUT2D eigenvalue weighted by Gasteiger charge is 2.31. The van der Waals surface area contributed by atoms with Crippen LogP contribution < -0.4 is 9.84 Å². The number of amides is 1. The number of nitrogens with zero attached hydrogens (tertiary/aromatic N) is 1. The third-order valence-corrected chi connectivity index (χ3v) is 4.97. The summed E-state index contributed by atoms with van der Waals surface area (Å²) in [6, 6.07) is 9.89. The Morgan fingerprint density at radius 2 is 1.86 bits per heavy atom. The summed E-state index contributed by atoms with van der Waals surface area (Å²) in [6.45, 7) is 0.271. The fourth-order valence-electron chi connectivity index (χ4n) is 3.48. The predicted octanol–water partition coefficient (Wildman–Crippen LogP) is 2.56. The summed E-state index contributed by atoms with van der Waals surface area (Å²) in [4.78, 5) is 25.5. The van der Waals surface area contributed by atoms with Gasteiger partial charge in [0.1, 0.15) is 5.75 Å². The highest BCUT2D eigenvalue weighted by atomic mass is 19.4. The summed E-state index contributed by atoms with van der Waals surface area (Å²) >= 11 is 0. The number of carbonyl (C=O) groups is 2. The van der Waals surface area contributed by atoms with E-state index in [1.165, 1.54) is 24.1 Å². The summed E-state index contributed by atoms with van der Waals surface area (Å²) in [5.74, 6) is -1.90. The molecular formula is C21H19F3NO4-. The van der Waals surface area contributed by atoms with Crippen molar-refractivity contribution in [2.75, 3.05) is 7.11 Å². The first-order valence-corrected chi connectivity index (χ1v) is 8.98.